The molecule has 0 fully saturated rings. The number of nitrogens with one attached hydrogen (secondary N) is 1. The Labute approximate surface area is 187 Å². The van der Waals surface area contributed by atoms with E-state index in [1.165, 1.54) is 5.56 Å². The van der Waals surface area contributed by atoms with Crippen molar-refractivity contribution in [2.45, 2.75) is 26.2 Å². The van der Waals surface area contributed by atoms with Gasteiger partial charge in [0, 0.05) is 28.7 Å². The third-order valence-corrected chi connectivity index (χ3v) is 5.54. The summed E-state index contributed by atoms with van der Waals surface area (Å²) in [6.45, 7) is 2.06. The van der Waals surface area contributed by atoms with Crippen molar-refractivity contribution in [1.29, 1.82) is 0 Å². The number of hydrogen-bond donors (Lipinski definition) is 1. The number of carbonyl (C=O) groups excluding carboxylic acids is 1. The van der Waals surface area contributed by atoms with Crippen LogP contribution in [0.2, 0.25) is 0 Å². The van der Waals surface area contributed by atoms with Crippen LogP contribution in [0.15, 0.2) is 72.9 Å². The molecular formula is C27H22N4O. The van der Waals surface area contributed by atoms with E-state index in [9.17, 15) is 4.79 Å². The fourth-order valence-electron chi connectivity index (χ4n) is 3.96. The lowest BCUT2D eigenvalue weighted by Crippen LogP contribution is -2.15. The summed E-state index contributed by atoms with van der Waals surface area (Å²) in [4.78, 5) is 17.3. The van der Waals surface area contributed by atoms with Crippen LogP contribution in [0.1, 0.15) is 45.0 Å². The number of rotatable bonds is 3. The summed E-state index contributed by atoms with van der Waals surface area (Å²) in [7, 11) is 0. The van der Waals surface area contributed by atoms with Crippen LogP contribution in [0, 0.1) is 18.8 Å². The molecule has 5 nitrogen and oxygen atoms in total. The lowest BCUT2D eigenvalue weighted by atomic mass is 10.1. The lowest BCUT2D eigenvalue weighted by molar-refractivity contribution is 0.102. The minimum absolute atomic E-state index is 0.191. The van der Waals surface area contributed by atoms with Crippen molar-refractivity contribution in [2.75, 3.05) is 5.32 Å². The van der Waals surface area contributed by atoms with Crippen LogP contribution >= 0.6 is 0 Å². The number of aryl methyl sites for hydroxylation is 1. The fraction of sp³-hybridized carbons (Fsp3) is 0.148. The molecule has 2 aromatic heterocycles. The summed E-state index contributed by atoms with van der Waals surface area (Å²) >= 11 is 0. The molecule has 0 atom stereocenters. The first-order valence-electron chi connectivity index (χ1n) is 10.7. The van der Waals surface area contributed by atoms with Crippen LogP contribution in [0.3, 0.4) is 0 Å². The molecule has 5 heteroatoms. The summed E-state index contributed by atoms with van der Waals surface area (Å²) in [5.41, 5.74) is 7.08. The largest absolute Gasteiger partial charge is 0.321 e. The first kappa shape index (κ1) is 19.8. The third kappa shape index (κ3) is 4.03. The topological polar surface area (TPSA) is 59.8 Å². The molecule has 1 aliphatic rings. The molecule has 2 heterocycles. The van der Waals surface area contributed by atoms with Crippen LogP contribution in [-0.2, 0) is 12.8 Å². The zero-order valence-electron chi connectivity index (χ0n) is 17.8. The van der Waals surface area contributed by atoms with Crippen molar-refractivity contribution in [3.05, 3.63) is 107 Å². The van der Waals surface area contributed by atoms with E-state index in [4.69, 9.17) is 5.10 Å². The fourth-order valence-corrected chi connectivity index (χ4v) is 3.96. The number of nitrogens with zero attached hydrogens (tertiary/aromatic N) is 3. The van der Waals surface area contributed by atoms with Gasteiger partial charge in [0.05, 0.1) is 5.69 Å². The SMILES string of the molecule is Cc1ccc(-n2nc(C(=O)Nc3cccc(C#Cc4ccccn4)c3)c3c2CCC3)cc1. The maximum Gasteiger partial charge on any atom is 0.276 e. The van der Waals surface area contributed by atoms with Crippen molar-refractivity contribution in [1.82, 2.24) is 14.8 Å². The molecule has 1 amide bonds. The van der Waals surface area contributed by atoms with E-state index in [0.29, 0.717) is 17.1 Å². The van der Waals surface area contributed by atoms with Crippen LogP contribution in [0.25, 0.3) is 5.69 Å². The van der Waals surface area contributed by atoms with Crippen molar-refractivity contribution in [2.24, 2.45) is 0 Å². The van der Waals surface area contributed by atoms with E-state index in [1.54, 1.807) is 6.20 Å². The quantitative estimate of drug-likeness (QED) is 0.490. The van der Waals surface area contributed by atoms with Gasteiger partial charge in [-0.3, -0.25) is 4.79 Å². The third-order valence-electron chi connectivity index (χ3n) is 5.54. The minimum Gasteiger partial charge on any atom is -0.321 e. The van der Waals surface area contributed by atoms with Gasteiger partial charge in [-0.05, 0) is 74.6 Å². The highest BCUT2D eigenvalue weighted by Crippen LogP contribution is 2.28. The first-order chi connectivity index (χ1) is 15.7. The maximum absolute atomic E-state index is 13.1. The van der Waals surface area contributed by atoms with Gasteiger partial charge >= 0.3 is 0 Å². The molecule has 0 aliphatic heterocycles. The summed E-state index contributed by atoms with van der Waals surface area (Å²) < 4.78 is 1.92. The van der Waals surface area contributed by atoms with E-state index in [-0.39, 0.29) is 5.91 Å². The number of anilines is 1. The van der Waals surface area contributed by atoms with Crippen LogP contribution in [0.5, 0.6) is 0 Å². The monoisotopic (exact) mass is 418 g/mol. The molecule has 5 rings (SSSR count). The number of pyridine rings is 1. The normalized spacial score (nSPS) is 12.0. The Kier molecular flexibility index (Phi) is 5.27. The van der Waals surface area contributed by atoms with Crippen molar-refractivity contribution >= 4 is 11.6 Å². The van der Waals surface area contributed by atoms with E-state index >= 15 is 0 Å². The van der Waals surface area contributed by atoms with Crippen molar-refractivity contribution < 1.29 is 4.79 Å². The van der Waals surface area contributed by atoms with E-state index in [0.717, 1.165) is 41.8 Å². The van der Waals surface area contributed by atoms with Gasteiger partial charge in [-0.2, -0.15) is 5.10 Å². The second kappa shape index (κ2) is 8.52. The molecule has 0 radical (unpaired) electrons. The van der Waals surface area contributed by atoms with Gasteiger partial charge in [0.15, 0.2) is 5.69 Å². The molecule has 0 spiro atoms. The van der Waals surface area contributed by atoms with Gasteiger partial charge in [-0.15, -0.1) is 0 Å². The number of carbonyl (C=O) groups is 1. The van der Waals surface area contributed by atoms with Gasteiger partial charge in [-0.25, -0.2) is 9.67 Å². The lowest BCUT2D eigenvalue weighted by Gasteiger charge is -2.06. The standard InChI is InChI=1S/C27H22N4O/c1-19-11-15-23(16-12-19)31-25-10-5-9-24(25)26(30-31)27(32)29-22-8-4-6-20(18-22)13-14-21-7-2-3-17-28-21/h2-4,6-8,11-12,15-18H,5,9-10H2,1H3,(H,29,32). The molecule has 0 bridgehead atoms. The molecular weight excluding hydrogens is 396 g/mol. The van der Waals surface area contributed by atoms with Gasteiger partial charge < -0.3 is 5.32 Å². The number of fused-ring (bicyclic) bond motifs is 1. The van der Waals surface area contributed by atoms with Crippen LogP contribution < -0.4 is 5.32 Å². The number of benzene rings is 2. The predicted octanol–water partition coefficient (Wildman–Crippen LogP) is 4.72. The second-order valence-corrected chi connectivity index (χ2v) is 7.87. The average molecular weight is 419 g/mol. The minimum atomic E-state index is -0.191. The Morgan fingerprint density at radius 2 is 1.88 bits per heavy atom. The molecule has 156 valence electrons. The van der Waals surface area contributed by atoms with Gasteiger partial charge in [-0.1, -0.05) is 35.7 Å². The molecule has 1 N–H and O–H groups in total. The molecule has 2 aromatic carbocycles. The highest BCUT2D eigenvalue weighted by molar-refractivity contribution is 6.04. The zero-order valence-corrected chi connectivity index (χ0v) is 17.8. The average Bonchev–Trinajstić information content (AvgIpc) is 3.42. The Bertz CT molecular complexity index is 1340. The molecule has 32 heavy (non-hydrogen) atoms. The Morgan fingerprint density at radius 1 is 1.00 bits per heavy atom. The summed E-state index contributed by atoms with van der Waals surface area (Å²) in [5.74, 6) is 5.95. The van der Waals surface area contributed by atoms with E-state index < -0.39 is 0 Å². The maximum atomic E-state index is 13.1. The Hall–Kier alpha value is -4.17. The highest BCUT2D eigenvalue weighted by atomic mass is 16.2. The van der Waals surface area contributed by atoms with E-state index in [1.807, 2.05) is 59.3 Å². The molecule has 4 aromatic rings. The Balaban J connectivity index is 1.40. The summed E-state index contributed by atoms with van der Waals surface area (Å²) in [5, 5.41) is 7.70. The summed E-state index contributed by atoms with van der Waals surface area (Å²) in [6.07, 6.45) is 4.56. The number of aromatic nitrogens is 3. The van der Waals surface area contributed by atoms with Gasteiger partial charge in [0.25, 0.3) is 5.91 Å². The molecule has 0 unspecified atom stereocenters. The van der Waals surface area contributed by atoms with Crippen molar-refractivity contribution in [3.63, 3.8) is 0 Å². The molecule has 1 aliphatic carbocycles. The van der Waals surface area contributed by atoms with Crippen LogP contribution in [0.4, 0.5) is 5.69 Å². The molecule has 0 saturated heterocycles. The second-order valence-electron chi connectivity index (χ2n) is 7.87. The predicted molar refractivity (Wildman–Crippen MR) is 125 cm³/mol. The van der Waals surface area contributed by atoms with Gasteiger partial charge in [0.1, 0.15) is 5.69 Å². The summed E-state index contributed by atoms with van der Waals surface area (Å²) in [6, 6.07) is 21.4. The number of hydrogen-bond acceptors (Lipinski definition) is 3. The molecule has 0 saturated carbocycles. The smallest absolute Gasteiger partial charge is 0.276 e. The number of amides is 1. The zero-order chi connectivity index (χ0) is 21.9. The Morgan fingerprint density at radius 3 is 2.69 bits per heavy atom. The first-order valence-corrected chi connectivity index (χ1v) is 10.7. The van der Waals surface area contributed by atoms with Gasteiger partial charge in [0.2, 0.25) is 0 Å². The van der Waals surface area contributed by atoms with E-state index in [2.05, 4.69) is 41.2 Å². The van der Waals surface area contributed by atoms with Crippen LogP contribution in [-0.4, -0.2) is 20.7 Å². The van der Waals surface area contributed by atoms with Crippen molar-refractivity contribution in [3.8, 4) is 17.5 Å². The highest BCUT2D eigenvalue weighted by Gasteiger charge is 2.27.